The van der Waals surface area contributed by atoms with Crippen molar-refractivity contribution in [3.8, 4) is 0 Å². The van der Waals surface area contributed by atoms with Gasteiger partial charge in [0.2, 0.25) is 0 Å². The van der Waals surface area contributed by atoms with Gasteiger partial charge in [0.1, 0.15) is 0 Å². The van der Waals surface area contributed by atoms with Crippen LogP contribution in [-0.4, -0.2) is 61.7 Å². The number of benzene rings is 1. The summed E-state index contributed by atoms with van der Waals surface area (Å²) in [6.45, 7) is 4.03. The van der Waals surface area contributed by atoms with E-state index >= 15 is 0 Å². The fraction of sp³-hybridized carbons (Fsp3) is 0.450. The van der Waals surface area contributed by atoms with Crippen LogP contribution in [0.4, 0.5) is 0 Å². The Morgan fingerprint density at radius 3 is 2.03 bits per heavy atom. The number of esters is 3. The van der Waals surface area contributed by atoms with Crippen LogP contribution in [0, 0.1) is 5.92 Å². The summed E-state index contributed by atoms with van der Waals surface area (Å²) in [6, 6.07) is 4.14. The number of imide groups is 1. The Labute approximate surface area is 186 Å². The van der Waals surface area contributed by atoms with Gasteiger partial charge in [-0.3, -0.25) is 28.8 Å². The lowest BCUT2D eigenvalue weighted by Crippen LogP contribution is -2.64. The number of ether oxygens (including phenoxy) is 3. The Hall–Kier alpha value is -2.79. The van der Waals surface area contributed by atoms with Gasteiger partial charge in [-0.1, -0.05) is 15.9 Å². The highest BCUT2D eigenvalue weighted by atomic mass is 79.9. The van der Waals surface area contributed by atoms with E-state index in [0.29, 0.717) is 9.54 Å². The minimum atomic E-state index is -2.61. The molecule has 2 amide bonds. The molecule has 1 heterocycles. The van der Waals surface area contributed by atoms with Crippen molar-refractivity contribution in [2.75, 3.05) is 26.9 Å². The first-order chi connectivity index (χ1) is 14.7. The van der Waals surface area contributed by atoms with E-state index < -0.39 is 41.1 Å². The van der Waals surface area contributed by atoms with Gasteiger partial charge in [0, 0.05) is 10.0 Å². The van der Waals surface area contributed by atoms with Crippen molar-refractivity contribution in [3.63, 3.8) is 0 Å². The minimum Gasteiger partial charge on any atom is -0.465 e. The average Bonchev–Trinajstić information content (AvgIpc) is 2.71. The molecule has 1 atom stereocenters. The summed E-state index contributed by atoms with van der Waals surface area (Å²) >= 11 is 3.24. The maximum absolute atomic E-state index is 13.6. The monoisotopic (exact) mass is 499 g/mol. The largest absolute Gasteiger partial charge is 0.465 e. The molecule has 1 aromatic rings. The molecule has 1 unspecified atom stereocenters. The molecule has 1 aliphatic heterocycles. The molecule has 11 heteroatoms. The van der Waals surface area contributed by atoms with Crippen molar-refractivity contribution >= 4 is 45.7 Å². The van der Waals surface area contributed by atoms with E-state index in [1.165, 1.54) is 39.0 Å². The van der Waals surface area contributed by atoms with E-state index in [1.54, 1.807) is 0 Å². The number of carbonyl (C=O) groups excluding carboxylic acids is 5. The number of fused-ring (bicyclic) bond motifs is 1. The van der Waals surface area contributed by atoms with Gasteiger partial charge in [-0.05, 0) is 44.5 Å². The van der Waals surface area contributed by atoms with Crippen LogP contribution in [0.25, 0.3) is 0 Å². The standard InChI is InChI=1S/C20H22BrNO9/c1-5-29-16(24)14(17(25)30-6-2)20(19(27)31-7-3)13-10-11(21)8-9-12(13)15(23)22(28-4)18(20)26/h8-10,14H,5-7H2,1-4H3. The molecule has 0 spiro atoms. The quantitative estimate of drug-likeness (QED) is 0.226. The summed E-state index contributed by atoms with van der Waals surface area (Å²) in [5.74, 6) is -7.81. The van der Waals surface area contributed by atoms with Crippen LogP contribution in [0.1, 0.15) is 36.7 Å². The van der Waals surface area contributed by atoms with Crippen molar-refractivity contribution < 1.29 is 43.0 Å². The summed E-state index contributed by atoms with van der Waals surface area (Å²) < 4.78 is 15.5. The Kier molecular flexibility index (Phi) is 7.91. The number of carbonyl (C=O) groups is 5. The average molecular weight is 500 g/mol. The highest BCUT2D eigenvalue weighted by Gasteiger charge is 2.67. The third-order valence-electron chi connectivity index (χ3n) is 4.60. The van der Waals surface area contributed by atoms with Crippen molar-refractivity contribution in [3.05, 3.63) is 33.8 Å². The second kappa shape index (κ2) is 10.0. The van der Waals surface area contributed by atoms with Crippen LogP contribution in [0.5, 0.6) is 0 Å². The Balaban J connectivity index is 3.00. The number of hydrogen-bond donors (Lipinski definition) is 0. The number of hydroxylamine groups is 2. The molecule has 0 saturated heterocycles. The first-order valence-corrected chi connectivity index (χ1v) is 10.2. The van der Waals surface area contributed by atoms with Gasteiger partial charge in [0.25, 0.3) is 11.8 Å². The fourth-order valence-corrected chi connectivity index (χ4v) is 3.77. The van der Waals surface area contributed by atoms with Gasteiger partial charge >= 0.3 is 17.9 Å². The lowest BCUT2D eigenvalue weighted by molar-refractivity contribution is -0.190. The molecule has 1 aromatic carbocycles. The second-order valence-corrected chi connectivity index (χ2v) is 7.16. The topological polar surface area (TPSA) is 126 Å². The van der Waals surface area contributed by atoms with E-state index in [0.717, 1.165) is 7.11 Å². The summed E-state index contributed by atoms with van der Waals surface area (Å²) in [4.78, 5) is 70.6. The summed E-state index contributed by atoms with van der Waals surface area (Å²) in [5, 5.41) is 0.318. The van der Waals surface area contributed by atoms with Gasteiger partial charge < -0.3 is 14.2 Å². The van der Waals surface area contributed by atoms with Crippen LogP contribution in [-0.2, 0) is 43.6 Å². The van der Waals surface area contributed by atoms with Crippen molar-refractivity contribution in [2.45, 2.75) is 26.2 Å². The molecule has 2 rings (SSSR count). The molecule has 10 nitrogen and oxygen atoms in total. The molecule has 0 N–H and O–H groups in total. The Bertz CT molecular complexity index is 898. The zero-order chi connectivity index (χ0) is 23.3. The highest BCUT2D eigenvalue weighted by molar-refractivity contribution is 9.10. The van der Waals surface area contributed by atoms with E-state index in [-0.39, 0.29) is 30.9 Å². The number of halogens is 1. The maximum Gasteiger partial charge on any atom is 0.327 e. The molecular weight excluding hydrogens is 478 g/mol. The third kappa shape index (κ3) is 4.07. The molecule has 0 aromatic heterocycles. The van der Waals surface area contributed by atoms with E-state index in [1.807, 2.05) is 0 Å². The molecule has 31 heavy (non-hydrogen) atoms. The number of rotatable bonds is 8. The van der Waals surface area contributed by atoms with Crippen LogP contribution in [0.3, 0.4) is 0 Å². The van der Waals surface area contributed by atoms with E-state index in [2.05, 4.69) is 15.9 Å². The molecule has 0 radical (unpaired) electrons. The number of amides is 2. The smallest absolute Gasteiger partial charge is 0.327 e. The summed E-state index contributed by atoms with van der Waals surface area (Å²) in [5.41, 5.74) is -2.94. The zero-order valence-electron chi connectivity index (χ0n) is 17.4. The predicted octanol–water partition coefficient (Wildman–Crippen LogP) is 1.54. The number of hydrogen-bond acceptors (Lipinski definition) is 9. The molecule has 0 fully saturated rings. The first-order valence-electron chi connectivity index (χ1n) is 9.45. The molecule has 168 valence electrons. The van der Waals surface area contributed by atoms with Crippen LogP contribution in [0.15, 0.2) is 22.7 Å². The maximum atomic E-state index is 13.6. The molecule has 0 bridgehead atoms. The van der Waals surface area contributed by atoms with Crippen molar-refractivity contribution in [2.24, 2.45) is 5.92 Å². The lowest BCUT2D eigenvalue weighted by atomic mass is 9.65. The Morgan fingerprint density at radius 1 is 1.00 bits per heavy atom. The van der Waals surface area contributed by atoms with Crippen molar-refractivity contribution in [1.82, 2.24) is 5.06 Å². The SMILES string of the molecule is CCOC(=O)C(C(=O)OCC)C1(C(=O)OCC)C(=O)N(OC)C(=O)c2ccc(Br)cc21. The summed E-state index contributed by atoms with van der Waals surface area (Å²) in [6.07, 6.45) is 0. The molecule has 1 aliphatic rings. The fourth-order valence-electron chi connectivity index (χ4n) is 3.41. The number of nitrogens with zero attached hydrogens (tertiary/aromatic N) is 1. The normalized spacial score (nSPS) is 17.9. The minimum absolute atomic E-state index is 0.128. The van der Waals surface area contributed by atoms with Crippen molar-refractivity contribution in [1.29, 1.82) is 0 Å². The molecule has 0 saturated carbocycles. The van der Waals surface area contributed by atoms with E-state index in [9.17, 15) is 24.0 Å². The first kappa shape index (κ1) is 24.5. The lowest BCUT2D eigenvalue weighted by Gasteiger charge is -2.41. The van der Waals surface area contributed by atoms with Gasteiger partial charge in [-0.25, -0.2) is 0 Å². The van der Waals surface area contributed by atoms with E-state index in [4.69, 9.17) is 19.0 Å². The van der Waals surface area contributed by atoms with Crippen LogP contribution >= 0.6 is 15.9 Å². The zero-order valence-corrected chi connectivity index (χ0v) is 19.0. The van der Waals surface area contributed by atoms with Gasteiger partial charge in [-0.2, -0.15) is 0 Å². The summed E-state index contributed by atoms with van der Waals surface area (Å²) in [7, 11) is 1.04. The van der Waals surface area contributed by atoms with Gasteiger partial charge in [0.05, 0.1) is 26.9 Å². The second-order valence-electron chi connectivity index (χ2n) is 6.24. The highest BCUT2D eigenvalue weighted by Crippen LogP contribution is 2.44. The van der Waals surface area contributed by atoms with Crippen LogP contribution < -0.4 is 0 Å². The predicted molar refractivity (Wildman–Crippen MR) is 107 cm³/mol. The van der Waals surface area contributed by atoms with Gasteiger partial charge in [-0.15, -0.1) is 5.06 Å². The van der Waals surface area contributed by atoms with Gasteiger partial charge in [0.15, 0.2) is 11.3 Å². The van der Waals surface area contributed by atoms with Crippen LogP contribution in [0.2, 0.25) is 0 Å². The molecular formula is C20H22BrNO9. The molecule has 0 aliphatic carbocycles. The third-order valence-corrected chi connectivity index (χ3v) is 5.09. The Morgan fingerprint density at radius 2 is 1.55 bits per heavy atom.